The summed E-state index contributed by atoms with van der Waals surface area (Å²) in [6.45, 7) is -0.346. The van der Waals surface area contributed by atoms with Crippen LogP contribution < -0.4 is 21.7 Å². The Labute approximate surface area is 218 Å². The maximum Gasteiger partial charge on any atom is 0.326 e. The van der Waals surface area contributed by atoms with Gasteiger partial charge in [0.25, 0.3) is 0 Å². The SMILES string of the molecule is NCC(=O)NC(Cc1ccc(O)cc1)C(=O)NC(Cc1ccccc1)C(=O)NC(Cc1cnc[nH]1)C(=O)O. The minimum Gasteiger partial charge on any atom is -0.508 e. The number of H-pyrrole nitrogens is 1. The zero-order valence-electron chi connectivity index (χ0n) is 20.5. The summed E-state index contributed by atoms with van der Waals surface area (Å²) < 4.78 is 0. The van der Waals surface area contributed by atoms with Crippen molar-refractivity contribution >= 4 is 23.7 Å². The Kier molecular flexibility index (Phi) is 9.94. The lowest BCUT2D eigenvalue weighted by Gasteiger charge is -2.25. The van der Waals surface area contributed by atoms with Gasteiger partial charge in [-0.2, -0.15) is 0 Å². The lowest BCUT2D eigenvalue weighted by atomic mass is 10.0. The Morgan fingerprint density at radius 2 is 1.39 bits per heavy atom. The lowest BCUT2D eigenvalue weighted by Crippen LogP contribution is -2.57. The first-order chi connectivity index (χ1) is 18.2. The number of rotatable bonds is 13. The van der Waals surface area contributed by atoms with Crippen LogP contribution in [0.4, 0.5) is 0 Å². The number of carboxylic acid groups (broad SMARTS) is 1. The van der Waals surface area contributed by atoms with Gasteiger partial charge in [-0.15, -0.1) is 0 Å². The molecule has 200 valence electrons. The van der Waals surface area contributed by atoms with E-state index in [1.54, 1.807) is 42.5 Å². The number of nitrogens with zero attached hydrogens (tertiary/aromatic N) is 1. The summed E-state index contributed by atoms with van der Waals surface area (Å²) in [4.78, 5) is 57.1. The van der Waals surface area contributed by atoms with Crippen LogP contribution in [0.3, 0.4) is 0 Å². The number of aromatic hydroxyl groups is 1. The lowest BCUT2D eigenvalue weighted by molar-refractivity contribution is -0.142. The van der Waals surface area contributed by atoms with Crippen molar-refractivity contribution in [2.24, 2.45) is 5.73 Å². The number of phenols is 1. The van der Waals surface area contributed by atoms with E-state index in [1.807, 2.05) is 0 Å². The van der Waals surface area contributed by atoms with E-state index >= 15 is 0 Å². The van der Waals surface area contributed by atoms with E-state index in [0.29, 0.717) is 11.3 Å². The molecule has 12 heteroatoms. The van der Waals surface area contributed by atoms with Gasteiger partial charge in [-0.05, 0) is 23.3 Å². The summed E-state index contributed by atoms with van der Waals surface area (Å²) in [5.41, 5.74) is 7.31. The highest BCUT2D eigenvalue weighted by molar-refractivity contribution is 5.94. The fraction of sp³-hybridized carbons (Fsp3) is 0.269. The number of aliphatic carboxylic acids is 1. The molecule has 3 aromatic rings. The first kappa shape index (κ1) is 27.9. The number of imidazole rings is 1. The standard InChI is InChI=1S/C26H30N6O6/c27-13-23(34)30-20(11-17-6-8-19(33)9-7-17)24(35)31-21(10-16-4-2-1-3-5-16)25(36)32-22(26(37)38)12-18-14-28-15-29-18/h1-9,14-15,20-22,33H,10-13,27H2,(H,28,29)(H,30,34)(H,31,35)(H,32,36)(H,37,38). The highest BCUT2D eigenvalue weighted by Gasteiger charge is 2.30. The number of hydrogen-bond donors (Lipinski definition) is 7. The second kappa shape index (κ2) is 13.6. The molecule has 0 radical (unpaired) electrons. The molecule has 0 saturated carbocycles. The number of amides is 3. The van der Waals surface area contributed by atoms with Gasteiger partial charge in [0.2, 0.25) is 17.7 Å². The molecule has 3 unspecified atom stereocenters. The van der Waals surface area contributed by atoms with Crippen LogP contribution in [0.15, 0.2) is 67.1 Å². The van der Waals surface area contributed by atoms with Gasteiger partial charge >= 0.3 is 5.97 Å². The summed E-state index contributed by atoms with van der Waals surface area (Å²) in [7, 11) is 0. The molecule has 0 bridgehead atoms. The Morgan fingerprint density at radius 1 is 0.816 bits per heavy atom. The molecule has 0 saturated heterocycles. The molecule has 8 N–H and O–H groups in total. The first-order valence-corrected chi connectivity index (χ1v) is 11.9. The van der Waals surface area contributed by atoms with Crippen molar-refractivity contribution in [3.63, 3.8) is 0 Å². The van der Waals surface area contributed by atoms with Crippen molar-refractivity contribution in [2.75, 3.05) is 6.54 Å². The van der Waals surface area contributed by atoms with Crippen molar-refractivity contribution in [2.45, 2.75) is 37.4 Å². The highest BCUT2D eigenvalue weighted by Crippen LogP contribution is 2.12. The summed E-state index contributed by atoms with van der Waals surface area (Å²) >= 11 is 0. The summed E-state index contributed by atoms with van der Waals surface area (Å²) in [5, 5.41) is 26.9. The quantitative estimate of drug-likeness (QED) is 0.158. The van der Waals surface area contributed by atoms with Gasteiger partial charge in [0.1, 0.15) is 23.9 Å². The third kappa shape index (κ3) is 8.45. The van der Waals surface area contributed by atoms with E-state index in [9.17, 15) is 29.4 Å². The molecular formula is C26H30N6O6. The number of carbonyl (C=O) groups is 4. The first-order valence-electron chi connectivity index (χ1n) is 11.9. The minimum atomic E-state index is -1.28. The Balaban J connectivity index is 1.81. The molecule has 12 nitrogen and oxygen atoms in total. The van der Waals surface area contributed by atoms with Gasteiger partial charge in [0, 0.05) is 31.2 Å². The van der Waals surface area contributed by atoms with E-state index in [4.69, 9.17) is 5.73 Å². The van der Waals surface area contributed by atoms with Crippen molar-refractivity contribution in [3.05, 3.63) is 83.9 Å². The molecule has 3 rings (SSSR count). The van der Waals surface area contributed by atoms with Crippen LogP contribution in [0.25, 0.3) is 0 Å². The van der Waals surface area contributed by atoms with Crippen LogP contribution in [-0.4, -0.2) is 68.5 Å². The number of aromatic amines is 1. The topological polar surface area (TPSA) is 200 Å². The number of carboxylic acids is 1. The predicted octanol–water partition coefficient (Wildman–Crippen LogP) is -0.359. The number of carbonyl (C=O) groups excluding carboxylic acids is 3. The molecule has 1 aromatic heterocycles. The molecule has 38 heavy (non-hydrogen) atoms. The second-order valence-corrected chi connectivity index (χ2v) is 8.63. The molecule has 0 aliphatic rings. The maximum absolute atomic E-state index is 13.3. The third-order valence-corrected chi connectivity index (χ3v) is 5.72. The Hall–Kier alpha value is -4.71. The van der Waals surface area contributed by atoms with Crippen molar-refractivity contribution in [1.29, 1.82) is 0 Å². The van der Waals surface area contributed by atoms with Gasteiger partial charge in [0.15, 0.2) is 0 Å². The molecule has 2 aromatic carbocycles. The zero-order chi connectivity index (χ0) is 27.5. The molecule has 3 amide bonds. The number of nitrogens with two attached hydrogens (primary N) is 1. The molecule has 0 aliphatic carbocycles. The third-order valence-electron chi connectivity index (χ3n) is 5.72. The van der Waals surface area contributed by atoms with Crippen molar-refractivity contribution in [3.8, 4) is 5.75 Å². The van der Waals surface area contributed by atoms with E-state index < -0.39 is 41.8 Å². The van der Waals surface area contributed by atoms with Crippen LogP contribution in [0, 0.1) is 0 Å². The van der Waals surface area contributed by atoms with Gasteiger partial charge < -0.3 is 36.9 Å². The Bertz CT molecular complexity index is 1220. The van der Waals surface area contributed by atoms with Gasteiger partial charge in [-0.3, -0.25) is 14.4 Å². The number of benzene rings is 2. The average molecular weight is 523 g/mol. The van der Waals surface area contributed by atoms with Crippen LogP contribution in [0.2, 0.25) is 0 Å². The number of aromatic nitrogens is 2. The molecule has 1 heterocycles. The smallest absolute Gasteiger partial charge is 0.326 e. The molecule has 3 atom stereocenters. The Morgan fingerprint density at radius 3 is 1.95 bits per heavy atom. The van der Waals surface area contributed by atoms with Gasteiger partial charge in [-0.1, -0.05) is 42.5 Å². The molecule has 0 aliphatic heterocycles. The maximum atomic E-state index is 13.3. The van der Waals surface area contributed by atoms with Gasteiger partial charge in [-0.25, -0.2) is 9.78 Å². The molecule has 0 spiro atoms. The van der Waals surface area contributed by atoms with E-state index in [-0.39, 0.29) is 31.6 Å². The largest absolute Gasteiger partial charge is 0.508 e. The van der Waals surface area contributed by atoms with E-state index in [2.05, 4.69) is 25.9 Å². The molecule has 0 fully saturated rings. The monoisotopic (exact) mass is 522 g/mol. The molecular weight excluding hydrogens is 492 g/mol. The minimum absolute atomic E-state index is 0.0386. The average Bonchev–Trinajstić information content (AvgIpc) is 3.42. The van der Waals surface area contributed by atoms with Crippen LogP contribution in [-0.2, 0) is 38.4 Å². The number of nitrogens with one attached hydrogen (secondary N) is 4. The normalized spacial score (nSPS) is 13.1. The van der Waals surface area contributed by atoms with Crippen LogP contribution in [0.5, 0.6) is 5.75 Å². The van der Waals surface area contributed by atoms with E-state index in [1.165, 1.54) is 24.7 Å². The van der Waals surface area contributed by atoms with Crippen molar-refractivity contribution < 1.29 is 29.4 Å². The second-order valence-electron chi connectivity index (χ2n) is 8.63. The van der Waals surface area contributed by atoms with Crippen LogP contribution >= 0.6 is 0 Å². The fourth-order valence-electron chi connectivity index (χ4n) is 3.75. The van der Waals surface area contributed by atoms with Crippen LogP contribution in [0.1, 0.15) is 16.8 Å². The van der Waals surface area contributed by atoms with Gasteiger partial charge in [0.05, 0.1) is 12.9 Å². The van der Waals surface area contributed by atoms with Crippen molar-refractivity contribution in [1.82, 2.24) is 25.9 Å². The highest BCUT2D eigenvalue weighted by atomic mass is 16.4. The summed E-state index contributed by atoms with van der Waals surface area (Å²) in [6.07, 6.45) is 2.96. The zero-order valence-corrected chi connectivity index (χ0v) is 20.5. The number of hydrogen-bond acceptors (Lipinski definition) is 7. The summed E-state index contributed by atoms with van der Waals surface area (Å²) in [5.74, 6) is -3.14. The van der Waals surface area contributed by atoms with E-state index in [0.717, 1.165) is 5.56 Å². The fourth-order valence-corrected chi connectivity index (χ4v) is 3.75. The number of phenolic OH excluding ortho intramolecular Hbond substituents is 1. The summed E-state index contributed by atoms with van der Waals surface area (Å²) in [6, 6.07) is 11.5. The predicted molar refractivity (Wildman–Crippen MR) is 137 cm³/mol.